The van der Waals surface area contributed by atoms with E-state index < -0.39 is 28.5 Å². The Morgan fingerprint density at radius 2 is 1.44 bits per heavy atom. The minimum atomic E-state index is -4.13. The predicted octanol–water partition coefficient (Wildman–Crippen LogP) is 6.12. The van der Waals surface area contributed by atoms with Crippen molar-refractivity contribution in [2.45, 2.75) is 44.2 Å². The molecule has 0 aliphatic rings. The molecule has 4 aromatic rings. The molecule has 43 heavy (non-hydrogen) atoms. The minimum absolute atomic E-state index is 0.0673. The number of benzene rings is 4. The molecule has 1 N–H and O–H groups in total. The lowest BCUT2D eigenvalue weighted by Gasteiger charge is -2.34. The van der Waals surface area contributed by atoms with Crippen molar-refractivity contribution in [1.82, 2.24) is 10.2 Å². The van der Waals surface area contributed by atoms with Crippen LogP contribution in [0.3, 0.4) is 0 Å². The second kappa shape index (κ2) is 15.0. The number of rotatable bonds is 13. The van der Waals surface area contributed by atoms with Gasteiger partial charge in [0.2, 0.25) is 11.8 Å². The zero-order chi connectivity index (χ0) is 30.8. The number of aryl methyl sites for hydroxylation is 1. The maximum absolute atomic E-state index is 14.4. The molecule has 0 unspecified atom stereocenters. The number of sulfonamides is 1. The van der Waals surface area contributed by atoms with Crippen LogP contribution in [0.5, 0.6) is 0 Å². The molecule has 0 aromatic heterocycles. The second-order valence-corrected chi connectivity index (χ2v) is 13.0. The molecule has 1 atom stereocenters. The number of nitrogens with zero attached hydrogens (tertiary/aromatic N) is 2. The number of carbonyl (C=O) groups excluding carboxylic acids is 2. The fraction of sp³-hybridized carbons (Fsp3) is 0.235. The van der Waals surface area contributed by atoms with Crippen molar-refractivity contribution in [3.05, 3.63) is 130 Å². The van der Waals surface area contributed by atoms with Crippen LogP contribution in [0.25, 0.3) is 0 Å². The van der Waals surface area contributed by atoms with E-state index in [0.717, 1.165) is 31.9 Å². The molecule has 0 radical (unpaired) electrons. The molecule has 4 rings (SSSR count). The molecular weight excluding hydrogens is 626 g/mol. The summed E-state index contributed by atoms with van der Waals surface area (Å²) in [5.74, 6) is -0.771. The first-order chi connectivity index (χ1) is 20.7. The Balaban J connectivity index is 1.79. The standard InChI is InChI=1S/C34H36BrN3O4S/c1-3-22-36-34(40)32(23-27-13-6-4-7-14-27)37(24-28-15-11-10-12-26(28)2)33(39)25-38(30-20-18-29(35)19-21-30)43(41,42)31-16-8-5-9-17-31/h4-21,32H,3,22-25H2,1-2H3,(H,36,40)/t32-/m0/s1. The van der Waals surface area contributed by atoms with E-state index >= 15 is 0 Å². The second-order valence-electron chi connectivity index (χ2n) is 10.2. The van der Waals surface area contributed by atoms with Gasteiger partial charge in [-0.15, -0.1) is 0 Å². The third-order valence-electron chi connectivity index (χ3n) is 7.15. The molecule has 2 amide bonds. The zero-order valence-electron chi connectivity index (χ0n) is 24.3. The zero-order valence-corrected chi connectivity index (χ0v) is 26.7. The van der Waals surface area contributed by atoms with Crippen LogP contribution in [0.2, 0.25) is 0 Å². The van der Waals surface area contributed by atoms with Crippen LogP contribution in [0.4, 0.5) is 5.69 Å². The van der Waals surface area contributed by atoms with Gasteiger partial charge in [0.05, 0.1) is 10.6 Å². The quantitative estimate of drug-likeness (QED) is 0.187. The third kappa shape index (κ3) is 8.33. The van der Waals surface area contributed by atoms with Gasteiger partial charge in [-0.3, -0.25) is 13.9 Å². The maximum atomic E-state index is 14.4. The van der Waals surface area contributed by atoms with E-state index in [0.29, 0.717) is 12.2 Å². The van der Waals surface area contributed by atoms with Crippen LogP contribution in [0, 0.1) is 6.92 Å². The lowest BCUT2D eigenvalue weighted by Crippen LogP contribution is -2.53. The first kappa shape index (κ1) is 32.0. The van der Waals surface area contributed by atoms with E-state index in [2.05, 4.69) is 21.2 Å². The molecule has 9 heteroatoms. The average Bonchev–Trinajstić information content (AvgIpc) is 3.02. The molecule has 0 bridgehead atoms. The molecule has 0 aliphatic carbocycles. The Morgan fingerprint density at radius 1 is 0.837 bits per heavy atom. The van der Waals surface area contributed by atoms with Gasteiger partial charge < -0.3 is 10.2 Å². The smallest absolute Gasteiger partial charge is 0.264 e. The fourth-order valence-electron chi connectivity index (χ4n) is 4.75. The van der Waals surface area contributed by atoms with Gasteiger partial charge in [0.15, 0.2) is 0 Å². The number of hydrogen-bond donors (Lipinski definition) is 1. The van der Waals surface area contributed by atoms with E-state index in [1.54, 1.807) is 42.5 Å². The molecule has 0 saturated carbocycles. The van der Waals surface area contributed by atoms with Crippen molar-refractivity contribution in [3.63, 3.8) is 0 Å². The monoisotopic (exact) mass is 661 g/mol. The van der Waals surface area contributed by atoms with Crippen molar-refractivity contribution in [3.8, 4) is 0 Å². The van der Waals surface area contributed by atoms with Gasteiger partial charge in [-0.1, -0.05) is 95.7 Å². The van der Waals surface area contributed by atoms with Crippen molar-refractivity contribution in [2.75, 3.05) is 17.4 Å². The molecule has 224 valence electrons. The summed E-state index contributed by atoms with van der Waals surface area (Å²) >= 11 is 3.41. The molecule has 0 saturated heterocycles. The van der Waals surface area contributed by atoms with Crippen LogP contribution in [0.1, 0.15) is 30.0 Å². The first-order valence-corrected chi connectivity index (χ1v) is 16.4. The summed E-state index contributed by atoms with van der Waals surface area (Å²) in [4.78, 5) is 29.7. The number of amides is 2. The summed E-state index contributed by atoms with van der Waals surface area (Å²) in [5.41, 5.74) is 3.07. The highest BCUT2D eigenvalue weighted by atomic mass is 79.9. The number of halogens is 1. The van der Waals surface area contributed by atoms with Gasteiger partial charge in [0, 0.05) is 24.0 Å². The summed E-state index contributed by atoms with van der Waals surface area (Å²) in [6.07, 6.45) is 1.01. The summed E-state index contributed by atoms with van der Waals surface area (Å²) in [5, 5.41) is 2.97. The van der Waals surface area contributed by atoms with Crippen LogP contribution >= 0.6 is 15.9 Å². The van der Waals surface area contributed by atoms with Crippen LogP contribution in [-0.4, -0.2) is 44.3 Å². The predicted molar refractivity (Wildman–Crippen MR) is 174 cm³/mol. The van der Waals surface area contributed by atoms with Gasteiger partial charge in [-0.25, -0.2) is 8.42 Å². The van der Waals surface area contributed by atoms with Crippen molar-refractivity contribution >= 4 is 43.5 Å². The van der Waals surface area contributed by atoms with Crippen LogP contribution < -0.4 is 9.62 Å². The Bertz CT molecular complexity index is 1610. The van der Waals surface area contributed by atoms with E-state index in [-0.39, 0.29) is 23.8 Å². The summed E-state index contributed by atoms with van der Waals surface area (Å²) < 4.78 is 29.9. The van der Waals surface area contributed by atoms with Crippen molar-refractivity contribution in [1.29, 1.82) is 0 Å². The van der Waals surface area contributed by atoms with Crippen molar-refractivity contribution in [2.24, 2.45) is 0 Å². The summed E-state index contributed by atoms with van der Waals surface area (Å²) in [6, 6.07) is 31.2. The highest BCUT2D eigenvalue weighted by molar-refractivity contribution is 9.10. The fourth-order valence-corrected chi connectivity index (χ4v) is 6.45. The van der Waals surface area contributed by atoms with Gasteiger partial charge in [0.1, 0.15) is 12.6 Å². The topological polar surface area (TPSA) is 86.8 Å². The van der Waals surface area contributed by atoms with Crippen LogP contribution in [0.15, 0.2) is 119 Å². The lowest BCUT2D eigenvalue weighted by atomic mass is 10.0. The highest BCUT2D eigenvalue weighted by Crippen LogP contribution is 2.26. The Kier molecular flexibility index (Phi) is 11.1. The SMILES string of the molecule is CCCNC(=O)[C@H](Cc1ccccc1)N(Cc1ccccc1C)C(=O)CN(c1ccc(Br)cc1)S(=O)(=O)c1ccccc1. The lowest BCUT2D eigenvalue weighted by molar-refractivity contribution is -0.140. The molecule has 0 aliphatic heterocycles. The highest BCUT2D eigenvalue weighted by Gasteiger charge is 2.34. The van der Waals surface area contributed by atoms with E-state index in [4.69, 9.17) is 0 Å². The Hall–Kier alpha value is -3.95. The Labute approximate surface area is 262 Å². The molecule has 0 heterocycles. The van der Waals surface area contributed by atoms with E-state index in [1.807, 2.05) is 68.4 Å². The molecule has 0 fully saturated rings. The normalized spacial score (nSPS) is 11.9. The number of carbonyl (C=O) groups is 2. The minimum Gasteiger partial charge on any atom is -0.354 e. The van der Waals surface area contributed by atoms with Gasteiger partial charge in [-0.2, -0.15) is 0 Å². The molecular formula is C34H36BrN3O4S. The van der Waals surface area contributed by atoms with E-state index in [9.17, 15) is 18.0 Å². The van der Waals surface area contributed by atoms with Crippen molar-refractivity contribution < 1.29 is 18.0 Å². The first-order valence-electron chi connectivity index (χ1n) is 14.2. The number of nitrogens with one attached hydrogen (secondary N) is 1. The van der Waals surface area contributed by atoms with E-state index in [1.165, 1.54) is 17.0 Å². The number of anilines is 1. The Morgan fingerprint density at radius 3 is 2.07 bits per heavy atom. The average molecular weight is 663 g/mol. The van der Waals surface area contributed by atoms with Gasteiger partial charge in [0.25, 0.3) is 10.0 Å². The largest absolute Gasteiger partial charge is 0.354 e. The molecule has 7 nitrogen and oxygen atoms in total. The van der Waals surface area contributed by atoms with Crippen LogP contribution in [-0.2, 0) is 32.6 Å². The molecule has 0 spiro atoms. The molecule has 4 aromatic carbocycles. The number of hydrogen-bond acceptors (Lipinski definition) is 4. The van der Waals surface area contributed by atoms with Gasteiger partial charge in [-0.05, 0) is 66.4 Å². The summed E-state index contributed by atoms with van der Waals surface area (Å²) in [6.45, 7) is 4.03. The van der Waals surface area contributed by atoms with Gasteiger partial charge >= 0.3 is 0 Å². The summed E-state index contributed by atoms with van der Waals surface area (Å²) in [7, 11) is -4.13. The third-order valence-corrected chi connectivity index (χ3v) is 9.46. The maximum Gasteiger partial charge on any atom is 0.264 e.